The minimum absolute atomic E-state index is 0.190. The Kier molecular flexibility index (Phi) is 15.0. The molecule has 1 aliphatic heterocycles. The summed E-state index contributed by atoms with van der Waals surface area (Å²) in [4.78, 5) is 0. The molecule has 0 unspecified atom stereocenters. The van der Waals surface area contributed by atoms with Crippen molar-refractivity contribution in [3.63, 3.8) is 0 Å². The predicted molar refractivity (Wildman–Crippen MR) is 109 cm³/mol. The average Bonchev–Trinajstić information content (AvgIpc) is 2.68. The molecule has 0 aromatic carbocycles. The van der Waals surface area contributed by atoms with Crippen LogP contribution >= 0.6 is 0 Å². The van der Waals surface area contributed by atoms with Gasteiger partial charge in [-0.1, -0.05) is 83.3 Å². The van der Waals surface area contributed by atoms with Crippen molar-refractivity contribution in [2.24, 2.45) is 0 Å². The first-order valence-corrected chi connectivity index (χ1v) is 11.1. The van der Waals surface area contributed by atoms with Gasteiger partial charge < -0.3 is 24.8 Å². The summed E-state index contributed by atoms with van der Waals surface area (Å²) in [5.41, 5.74) is 0. The summed E-state index contributed by atoms with van der Waals surface area (Å²) in [7, 11) is 0. The second-order valence-electron chi connectivity index (χ2n) is 7.70. The molecule has 4 atom stereocenters. The van der Waals surface area contributed by atoms with E-state index in [1.165, 1.54) is 70.6 Å². The third-order valence-corrected chi connectivity index (χ3v) is 5.31. The van der Waals surface area contributed by atoms with Crippen LogP contribution in [0.25, 0.3) is 0 Å². The van der Waals surface area contributed by atoms with Gasteiger partial charge in [-0.05, 0) is 12.8 Å². The summed E-state index contributed by atoms with van der Waals surface area (Å²) in [5.74, 6) is 0. The van der Waals surface area contributed by atoms with Crippen LogP contribution in [0.2, 0.25) is 0 Å². The van der Waals surface area contributed by atoms with E-state index >= 15 is 0 Å². The number of ether oxygens (including phenoxy) is 2. The van der Waals surface area contributed by atoms with E-state index in [9.17, 15) is 10.2 Å². The third kappa shape index (κ3) is 11.2. The van der Waals surface area contributed by atoms with E-state index in [0.29, 0.717) is 6.61 Å². The van der Waals surface area contributed by atoms with Gasteiger partial charge in [-0.2, -0.15) is 0 Å². The quantitative estimate of drug-likeness (QED) is 0.278. The molecule has 0 aliphatic carbocycles. The Bertz CT molecular complexity index is 361. The van der Waals surface area contributed by atoms with Crippen LogP contribution in [-0.2, 0) is 9.47 Å². The first-order valence-electron chi connectivity index (χ1n) is 11.1. The fraction of sp³-hybridized carbons (Fsp3) is 0.909. The number of hydrogen-bond donors (Lipinski definition) is 3. The van der Waals surface area contributed by atoms with E-state index in [1.807, 2.05) is 6.08 Å². The summed E-state index contributed by atoms with van der Waals surface area (Å²) in [5, 5.41) is 28.8. The highest BCUT2D eigenvalue weighted by Gasteiger charge is 2.38. The van der Waals surface area contributed by atoms with Crippen molar-refractivity contribution in [2.75, 3.05) is 19.8 Å². The van der Waals surface area contributed by atoms with E-state index in [-0.39, 0.29) is 13.2 Å². The largest absolute Gasteiger partial charge is 0.394 e. The summed E-state index contributed by atoms with van der Waals surface area (Å²) >= 11 is 0. The molecule has 1 rings (SSSR count). The van der Waals surface area contributed by atoms with Crippen molar-refractivity contribution in [2.45, 2.75) is 108 Å². The number of rotatable bonds is 16. The summed E-state index contributed by atoms with van der Waals surface area (Å²) in [6, 6.07) is 0. The minimum atomic E-state index is -1.10. The predicted octanol–water partition coefficient (Wildman–Crippen LogP) is 3.74. The second-order valence-corrected chi connectivity index (χ2v) is 7.70. The molecule has 27 heavy (non-hydrogen) atoms. The first kappa shape index (κ1) is 24.6. The molecule has 0 aromatic heterocycles. The Morgan fingerprint density at radius 3 is 2.04 bits per heavy atom. The SMILES string of the molecule is CCCCCCCCCCCCC/C=C/CO[C@H]1CO[C@H](CO)[C@@H](O)[C@@H]1O. The van der Waals surface area contributed by atoms with Crippen LogP contribution in [0.5, 0.6) is 0 Å². The number of unbranched alkanes of at least 4 members (excludes halogenated alkanes) is 11. The van der Waals surface area contributed by atoms with E-state index in [2.05, 4.69) is 13.0 Å². The van der Waals surface area contributed by atoms with Crippen molar-refractivity contribution in [1.29, 1.82) is 0 Å². The van der Waals surface area contributed by atoms with Gasteiger partial charge in [0.15, 0.2) is 0 Å². The fourth-order valence-corrected chi connectivity index (χ4v) is 3.45. The highest BCUT2D eigenvalue weighted by atomic mass is 16.6. The molecule has 1 saturated heterocycles. The minimum Gasteiger partial charge on any atom is -0.394 e. The smallest absolute Gasteiger partial charge is 0.111 e. The molecule has 0 spiro atoms. The van der Waals surface area contributed by atoms with Gasteiger partial charge in [0.2, 0.25) is 0 Å². The third-order valence-electron chi connectivity index (χ3n) is 5.31. The molecule has 160 valence electrons. The normalized spacial score (nSPS) is 26.1. The van der Waals surface area contributed by atoms with Crippen LogP contribution in [0.3, 0.4) is 0 Å². The van der Waals surface area contributed by atoms with Gasteiger partial charge in [-0.3, -0.25) is 0 Å². The van der Waals surface area contributed by atoms with Crippen LogP contribution in [-0.4, -0.2) is 59.6 Å². The van der Waals surface area contributed by atoms with Crippen LogP contribution in [0.4, 0.5) is 0 Å². The van der Waals surface area contributed by atoms with Crippen LogP contribution in [0, 0.1) is 0 Å². The highest BCUT2D eigenvalue weighted by molar-refractivity contribution is 4.89. The molecule has 1 aliphatic rings. The zero-order chi connectivity index (χ0) is 19.7. The molecule has 1 heterocycles. The molecule has 0 saturated carbocycles. The highest BCUT2D eigenvalue weighted by Crippen LogP contribution is 2.18. The maximum Gasteiger partial charge on any atom is 0.111 e. The topological polar surface area (TPSA) is 79.2 Å². The van der Waals surface area contributed by atoms with Crippen molar-refractivity contribution in [1.82, 2.24) is 0 Å². The molecule has 3 N–H and O–H groups in total. The molecule has 5 heteroatoms. The number of hydrogen-bond acceptors (Lipinski definition) is 5. The Morgan fingerprint density at radius 2 is 1.44 bits per heavy atom. The van der Waals surface area contributed by atoms with Crippen LogP contribution < -0.4 is 0 Å². The monoisotopic (exact) mass is 386 g/mol. The van der Waals surface area contributed by atoms with Crippen LogP contribution in [0.15, 0.2) is 12.2 Å². The fourth-order valence-electron chi connectivity index (χ4n) is 3.45. The zero-order valence-electron chi connectivity index (χ0n) is 17.2. The Labute approximate surface area is 165 Å². The zero-order valence-corrected chi connectivity index (χ0v) is 17.2. The van der Waals surface area contributed by atoms with E-state index in [0.717, 1.165) is 6.42 Å². The van der Waals surface area contributed by atoms with Crippen molar-refractivity contribution in [3.8, 4) is 0 Å². The van der Waals surface area contributed by atoms with Gasteiger partial charge >= 0.3 is 0 Å². The summed E-state index contributed by atoms with van der Waals surface area (Å²) in [6.45, 7) is 2.55. The second kappa shape index (κ2) is 16.5. The Morgan fingerprint density at radius 1 is 0.852 bits per heavy atom. The van der Waals surface area contributed by atoms with Crippen molar-refractivity contribution < 1.29 is 24.8 Å². The standard InChI is InChI=1S/C22H42O5/c1-2-3-4-5-6-7-8-9-10-11-12-13-14-15-16-26-20-18-27-19(17-23)21(24)22(20)25/h14-15,19-25H,2-13,16-18H2,1H3/b15-14+/t19-,20+,21-,22-/m1/s1. The lowest BCUT2D eigenvalue weighted by molar-refractivity contribution is -0.205. The summed E-state index contributed by atoms with van der Waals surface area (Å²) in [6.07, 6.45) is 16.6. The lowest BCUT2D eigenvalue weighted by atomic mass is 10.0. The average molecular weight is 387 g/mol. The molecular weight excluding hydrogens is 344 g/mol. The molecule has 0 amide bonds. The lowest BCUT2D eigenvalue weighted by Crippen LogP contribution is -2.54. The summed E-state index contributed by atoms with van der Waals surface area (Å²) < 4.78 is 10.9. The lowest BCUT2D eigenvalue weighted by Gasteiger charge is -2.36. The molecule has 0 bridgehead atoms. The van der Waals surface area contributed by atoms with Gasteiger partial charge in [0.1, 0.15) is 24.4 Å². The first-order chi connectivity index (χ1) is 13.2. The molecule has 0 radical (unpaired) electrons. The number of aliphatic hydroxyl groups excluding tert-OH is 3. The van der Waals surface area contributed by atoms with E-state index in [4.69, 9.17) is 14.6 Å². The molecule has 1 fully saturated rings. The molecular formula is C22H42O5. The van der Waals surface area contributed by atoms with E-state index < -0.39 is 24.4 Å². The molecule has 5 nitrogen and oxygen atoms in total. The Hall–Kier alpha value is -0.460. The van der Waals surface area contributed by atoms with Gasteiger partial charge in [-0.15, -0.1) is 0 Å². The molecule has 0 aromatic rings. The Balaban J connectivity index is 1.90. The van der Waals surface area contributed by atoms with Gasteiger partial charge in [0, 0.05) is 0 Å². The van der Waals surface area contributed by atoms with Gasteiger partial charge in [0.25, 0.3) is 0 Å². The number of allylic oxidation sites excluding steroid dienone is 1. The van der Waals surface area contributed by atoms with Crippen molar-refractivity contribution in [3.05, 3.63) is 12.2 Å². The maximum atomic E-state index is 9.96. The maximum absolute atomic E-state index is 9.96. The van der Waals surface area contributed by atoms with Crippen molar-refractivity contribution >= 4 is 0 Å². The van der Waals surface area contributed by atoms with Gasteiger partial charge in [-0.25, -0.2) is 0 Å². The number of aliphatic hydroxyl groups is 3. The van der Waals surface area contributed by atoms with E-state index in [1.54, 1.807) is 0 Å². The van der Waals surface area contributed by atoms with Crippen LogP contribution in [0.1, 0.15) is 84.0 Å². The van der Waals surface area contributed by atoms with Gasteiger partial charge in [0.05, 0.1) is 19.8 Å².